The van der Waals surface area contributed by atoms with Crippen molar-refractivity contribution in [3.8, 4) is 11.5 Å². The van der Waals surface area contributed by atoms with Gasteiger partial charge in [0, 0.05) is 18.7 Å². The third-order valence-corrected chi connectivity index (χ3v) is 2.58. The zero-order chi connectivity index (χ0) is 13.0. The molecular weight excluding hydrogens is 222 g/mol. The van der Waals surface area contributed by atoms with E-state index in [2.05, 4.69) is 0 Å². The Labute approximate surface area is 101 Å². The number of amides is 1. The molecule has 0 aliphatic heterocycles. The number of benzene rings is 1. The maximum Gasteiger partial charge on any atom is 0.407 e. The summed E-state index contributed by atoms with van der Waals surface area (Å²) in [5.74, 6) is 1.33. The molecule has 0 spiro atoms. The van der Waals surface area contributed by atoms with Gasteiger partial charge in [-0.15, -0.1) is 0 Å². The molecule has 0 atom stereocenters. The van der Waals surface area contributed by atoms with E-state index in [1.54, 1.807) is 20.3 Å². The van der Waals surface area contributed by atoms with Gasteiger partial charge >= 0.3 is 6.09 Å². The molecule has 0 fully saturated rings. The minimum Gasteiger partial charge on any atom is -0.497 e. The smallest absolute Gasteiger partial charge is 0.407 e. The SMILES string of the molecule is COc1cc(C)c(CN(C)C(=O)O)c(OC)c1. The molecule has 0 saturated heterocycles. The minimum absolute atomic E-state index is 0.286. The summed E-state index contributed by atoms with van der Waals surface area (Å²) >= 11 is 0. The standard InChI is InChI=1S/C12H17NO4/c1-8-5-9(16-3)6-11(17-4)10(8)7-13(2)12(14)15/h5-6H,7H2,1-4H3,(H,14,15). The Morgan fingerprint density at radius 3 is 2.47 bits per heavy atom. The highest BCUT2D eigenvalue weighted by Crippen LogP contribution is 2.29. The summed E-state index contributed by atoms with van der Waals surface area (Å²) in [7, 11) is 4.65. The number of hydrogen-bond donors (Lipinski definition) is 1. The van der Waals surface area contributed by atoms with Gasteiger partial charge in [0.05, 0.1) is 20.8 Å². The Morgan fingerprint density at radius 2 is 2.00 bits per heavy atom. The second-order valence-electron chi connectivity index (χ2n) is 3.76. The number of methoxy groups -OCH3 is 2. The Balaban J connectivity index is 3.09. The molecule has 1 amide bonds. The van der Waals surface area contributed by atoms with E-state index in [-0.39, 0.29) is 6.54 Å². The summed E-state index contributed by atoms with van der Waals surface area (Å²) in [4.78, 5) is 12.0. The lowest BCUT2D eigenvalue weighted by molar-refractivity contribution is 0.153. The Hall–Kier alpha value is -1.91. The van der Waals surface area contributed by atoms with Crippen LogP contribution in [0.2, 0.25) is 0 Å². The first kappa shape index (κ1) is 13.2. The van der Waals surface area contributed by atoms with Crippen molar-refractivity contribution >= 4 is 6.09 Å². The van der Waals surface area contributed by atoms with Gasteiger partial charge in [0.15, 0.2) is 0 Å². The van der Waals surface area contributed by atoms with Gasteiger partial charge in [0.1, 0.15) is 11.5 Å². The summed E-state index contributed by atoms with van der Waals surface area (Å²) in [6.07, 6.45) is -0.970. The van der Waals surface area contributed by atoms with Crippen LogP contribution in [0.15, 0.2) is 12.1 Å². The number of rotatable bonds is 4. The predicted octanol–water partition coefficient (Wildman–Crippen LogP) is 2.12. The molecule has 0 aliphatic carbocycles. The quantitative estimate of drug-likeness (QED) is 0.874. The van der Waals surface area contributed by atoms with Crippen molar-refractivity contribution in [1.29, 1.82) is 0 Å². The molecule has 17 heavy (non-hydrogen) atoms. The summed E-state index contributed by atoms with van der Waals surface area (Å²) in [6, 6.07) is 3.60. The number of aryl methyl sites for hydroxylation is 1. The first-order valence-corrected chi connectivity index (χ1v) is 5.15. The fourth-order valence-electron chi connectivity index (χ4n) is 1.56. The topological polar surface area (TPSA) is 59.0 Å². The van der Waals surface area contributed by atoms with Gasteiger partial charge in [-0.05, 0) is 18.6 Å². The van der Waals surface area contributed by atoms with Crippen LogP contribution in [-0.2, 0) is 6.54 Å². The van der Waals surface area contributed by atoms with Gasteiger partial charge < -0.3 is 19.5 Å². The molecule has 0 aromatic heterocycles. The van der Waals surface area contributed by atoms with E-state index < -0.39 is 6.09 Å². The van der Waals surface area contributed by atoms with E-state index in [0.29, 0.717) is 11.5 Å². The van der Waals surface area contributed by atoms with Gasteiger partial charge in [0.2, 0.25) is 0 Å². The van der Waals surface area contributed by atoms with Crippen LogP contribution >= 0.6 is 0 Å². The van der Waals surface area contributed by atoms with Crippen LogP contribution in [0.1, 0.15) is 11.1 Å². The molecule has 0 unspecified atom stereocenters. The highest BCUT2D eigenvalue weighted by molar-refractivity contribution is 5.65. The number of carboxylic acid groups (broad SMARTS) is 1. The fourth-order valence-corrected chi connectivity index (χ4v) is 1.56. The molecule has 0 radical (unpaired) electrons. The van der Waals surface area contributed by atoms with Gasteiger partial charge in [-0.25, -0.2) is 4.79 Å². The molecule has 0 bridgehead atoms. The lowest BCUT2D eigenvalue weighted by atomic mass is 10.1. The largest absolute Gasteiger partial charge is 0.497 e. The Kier molecular flexibility index (Phi) is 4.20. The van der Waals surface area contributed by atoms with Crippen molar-refractivity contribution in [3.63, 3.8) is 0 Å². The van der Waals surface area contributed by atoms with Crippen LogP contribution in [0, 0.1) is 6.92 Å². The second-order valence-corrected chi connectivity index (χ2v) is 3.76. The zero-order valence-electron chi connectivity index (χ0n) is 10.5. The molecule has 5 nitrogen and oxygen atoms in total. The summed E-state index contributed by atoms with van der Waals surface area (Å²) in [5, 5.41) is 8.86. The molecule has 1 aromatic carbocycles. The third kappa shape index (κ3) is 3.03. The average molecular weight is 239 g/mol. The molecule has 1 aromatic rings. The van der Waals surface area contributed by atoms with Crippen LogP contribution in [-0.4, -0.2) is 37.4 Å². The molecule has 0 aliphatic rings. The van der Waals surface area contributed by atoms with Crippen LogP contribution in [0.5, 0.6) is 11.5 Å². The van der Waals surface area contributed by atoms with Gasteiger partial charge in [-0.1, -0.05) is 0 Å². The van der Waals surface area contributed by atoms with E-state index in [1.165, 1.54) is 11.9 Å². The lowest BCUT2D eigenvalue weighted by Gasteiger charge is -2.18. The Bertz CT molecular complexity index is 417. The maximum absolute atomic E-state index is 10.8. The first-order chi connectivity index (χ1) is 7.99. The highest BCUT2D eigenvalue weighted by atomic mass is 16.5. The van der Waals surface area contributed by atoms with Gasteiger partial charge in [0.25, 0.3) is 0 Å². The van der Waals surface area contributed by atoms with E-state index >= 15 is 0 Å². The van der Waals surface area contributed by atoms with Crippen LogP contribution < -0.4 is 9.47 Å². The normalized spacial score (nSPS) is 9.88. The molecule has 0 saturated carbocycles. The average Bonchev–Trinajstić information content (AvgIpc) is 2.30. The molecule has 1 rings (SSSR count). The van der Waals surface area contributed by atoms with Crippen molar-refractivity contribution in [2.75, 3.05) is 21.3 Å². The number of hydrogen-bond acceptors (Lipinski definition) is 3. The van der Waals surface area contributed by atoms with Gasteiger partial charge in [-0.3, -0.25) is 0 Å². The van der Waals surface area contributed by atoms with Crippen molar-refractivity contribution in [3.05, 3.63) is 23.3 Å². The van der Waals surface area contributed by atoms with Crippen LogP contribution in [0.25, 0.3) is 0 Å². The summed E-state index contributed by atoms with van der Waals surface area (Å²) in [6.45, 7) is 2.18. The number of nitrogens with zero attached hydrogens (tertiary/aromatic N) is 1. The highest BCUT2D eigenvalue weighted by Gasteiger charge is 2.14. The minimum atomic E-state index is -0.970. The number of ether oxygens (including phenoxy) is 2. The van der Waals surface area contributed by atoms with E-state index in [1.807, 2.05) is 13.0 Å². The second kappa shape index (κ2) is 5.43. The monoisotopic (exact) mass is 239 g/mol. The van der Waals surface area contributed by atoms with Crippen LogP contribution in [0.3, 0.4) is 0 Å². The van der Waals surface area contributed by atoms with Crippen molar-refractivity contribution in [1.82, 2.24) is 4.90 Å². The number of carbonyl (C=O) groups is 1. The maximum atomic E-state index is 10.8. The third-order valence-electron chi connectivity index (χ3n) is 2.58. The molecular formula is C12H17NO4. The van der Waals surface area contributed by atoms with Crippen molar-refractivity contribution in [2.45, 2.75) is 13.5 Å². The zero-order valence-corrected chi connectivity index (χ0v) is 10.5. The van der Waals surface area contributed by atoms with Gasteiger partial charge in [-0.2, -0.15) is 0 Å². The molecule has 0 heterocycles. The summed E-state index contributed by atoms with van der Waals surface area (Å²) in [5.41, 5.74) is 1.78. The molecule has 94 valence electrons. The molecule has 5 heteroatoms. The van der Waals surface area contributed by atoms with E-state index in [9.17, 15) is 4.79 Å². The Morgan fingerprint density at radius 1 is 1.35 bits per heavy atom. The van der Waals surface area contributed by atoms with E-state index in [0.717, 1.165) is 11.1 Å². The summed E-state index contributed by atoms with van der Waals surface area (Å²) < 4.78 is 10.4. The first-order valence-electron chi connectivity index (χ1n) is 5.15. The van der Waals surface area contributed by atoms with Crippen LogP contribution in [0.4, 0.5) is 4.79 Å². The van der Waals surface area contributed by atoms with Crippen molar-refractivity contribution in [2.24, 2.45) is 0 Å². The van der Waals surface area contributed by atoms with E-state index in [4.69, 9.17) is 14.6 Å². The molecule has 1 N–H and O–H groups in total. The fraction of sp³-hybridized carbons (Fsp3) is 0.417. The van der Waals surface area contributed by atoms with Crippen molar-refractivity contribution < 1.29 is 19.4 Å². The predicted molar refractivity (Wildman–Crippen MR) is 63.8 cm³/mol. The lowest BCUT2D eigenvalue weighted by Crippen LogP contribution is -2.24.